The summed E-state index contributed by atoms with van der Waals surface area (Å²) in [5, 5.41) is 3.46. The monoisotopic (exact) mass is 459 g/mol. The second kappa shape index (κ2) is 11.2. The van der Waals surface area contributed by atoms with Crippen molar-refractivity contribution in [2.75, 3.05) is 38.7 Å². The second-order valence-corrected chi connectivity index (χ2v) is 8.41. The van der Waals surface area contributed by atoms with Gasteiger partial charge in [0.2, 0.25) is 0 Å². The van der Waals surface area contributed by atoms with Gasteiger partial charge < -0.3 is 19.7 Å². The zero-order valence-corrected chi connectivity index (χ0v) is 19.5. The quantitative estimate of drug-likeness (QED) is 0.632. The first-order chi connectivity index (χ1) is 15.4. The third-order valence-electron chi connectivity index (χ3n) is 5.59. The molecule has 1 heterocycles. The van der Waals surface area contributed by atoms with Crippen molar-refractivity contribution in [3.63, 3.8) is 0 Å². The van der Waals surface area contributed by atoms with Crippen LogP contribution in [-0.2, 0) is 16.0 Å². The zero-order valence-electron chi connectivity index (χ0n) is 18.7. The maximum absolute atomic E-state index is 12.7. The van der Waals surface area contributed by atoms with E-state index >= 15 is 0 Å². The van der Waals surface area contributed by atoms with E-state index in [9.17, 15) is 9.59 Å². The van der Waals surface area contributed by atoms with Gasteiger partial charge >= 0.3 is 12.0 Å². The molecule has 0 unspecified atom stereocenters. The molecule has 1 aliphatic rings. The molecule has 2 aromatic rings. The molecule has 0 aromatic heterocycles. The van der Waals surface area contributed by atoms with Crippen molar-refractivity contribution < 1.29 is 19.1 Å². The first-order valence-corrected chi connectivity index (χ1v) is 11.1. The zero-order chi connectivity index (χ0) is 23.1. The minimum atomic E-state index is -0.310. The largest absolute Gasteiger partial charge is 0.491 e. The van der Waals surface area contributed by atoms with Gasteiger partial charge in [-0.1, -0.05) is 35.9 Å². The molecule has 0 saturated carbocycles. The Morgan fingerprint density at radius 1 is 1.09 bits per heavy atom. The molecule has 1 N–H and O–H groups in total. The first kappa shape index (κ1) is 23.9. The number of halogens is 1. The van der Waals surface area contributed by atoms with Gasteiger partial charge in [-0.05, 0) is 43.7 Å². The van der Waals surface area contributed by atoms with Crippen LogP contribution in [-0.4, -0.2) is 67.2 Å². The Morgan fingerprint density at radius 3 is 2.44 bits per heavy atom. The van der Waals surface area contributed by atoms with E-state index < -0.39 is 0 Å². The van der Waals surface area contributed by atoms with Crippen LogP contribution in [0.15, 0.2) is 48.5 Å². The lowest BCUT2D eigenvalue weighted by Crippen LogP contribution is -2.59. The Hall–Kier alpha value is -2.77. The van der Waals surface area contributed by atoms with Crippen LogP contribution in [0.4, 0.5) is 10.5 Å². The highest BCUT2D eigenvalue weighted by molar-refractivity contribution is 6.32. The Bertz CT molecular complexity index is 913. The van der Waals surface area contributed by atoms with E-state index in [1.165, 1.54) is 7.11 Å². The van der Waals surface area contributed by atoms with Crippen molar-refractivity contribution in [1.82, 2.24) is 9.80 Å². The lowest BCUT2D eigenvalue weighted by Gasteiger charge is -2.44. The van der Waals surface area contributed by atoms with Crippen molar-refractivity contribution >= 4 is 29.3 Å². The van der Waals surface area contributed by atoms with Crippen LogP contribution in [0.3, 0.4) is 0 Å². The minimum absolute atomic E-state index is 0.0833. The number of urea groups is 1. The molecule has 1 aliphatic heterocycles. The number of hydrogen-bond donors (Lipinski definition) is 1. The number of amides is 2. The smallest absolute Gasteiger partial charge is 0.321 e. The number of anilines is 1. The van der Waals surface area contributed by atoms with Gasteiger partial charge in [-0.15, -0.1) is 0 Å². The number of benzene rings is 2. The average molecular weight is 460 g/mol. The number of hydrogen-bond acceptors (Lipinski definition) is 5. The molecule has 1 fully saturated rings. The molecule has 2 atom stereocenters. The number of rotatable bonds is 7. The maximum atomic E-state index is 12.7. The summed E-state index contributed by atoms with van der Waals surface area (Å²) in [6.45, 7) is 6.65. The number of carbonyl (C=O) groups excluding carboxylic acids is 2. The SMILES string of the molecule is COC(=O)Cc1ccc(Cl)c(OCCN2[C@H](C)CN(C(=O)Nc3ccccc3)C[C@@H]2C)c1. The van der Waals surface area contributed by atoms with Crippen molar-refractivity contribution in [1.29, 1.82) is 0 Å². The van der Waals surface area contributed by atoms with Gasteiger partial charge in [0.1, 0.15) is 12.4 Å². The van der Waals surface area contributed by atoms with Crippen LogP contribution in [0.25, 0.3) is 0 Å². The van der Waals surface area contributed by atoms with Gasteiger partial charge in [0, 0.05) is 37.4 Å². The topological polar surface area (TPSA) is 71.1 Å². The predicted molar refractivity (Wildman–Crippen MR) is 125 cm³/mol. The van der Waals surface area contributed by atoms with Crippen LogP contribution >= 0.6 is 11.6 Å². The van der Waals surface area contributed by atoms with E-state index in [2.05, 4.69) is 24.1 Å². The predicted octanol–water partition coefficient (Wildman–Crippen LogP) is 4.06. The van der Waals surface area contributed by atoms with E-state index in [4.69, 9.17) is 21.1 Å². The third-order valence-corrected chi connectivity index (χ3v) is 5.90. The molecular formula is C24H30ClN3O4. The molecule has 172 valence electrons. The Kier molecular flexibility index (Phi) is 8.36. The molecule has 3 rings (SSSR count). The molecule has 32 heavy (non-hydrogen) atoms. The normalized spacial score (nSPS) is 18.8. The molecule has 0 radical (unpaired) electrons. The van der Waals surface area contributed by atoms with E-state index in [1.807, 2.05) is 35.2 Å². The standard InChI is InChI=1S/C24H30ClN3O4/c1-17-15-27(24(30)26-20-7-5-4-6-8-20)16-18(2)28(17)11-12-32-22-13-19(9-10-21(22)25)14-23(29)31-3/h4-10,13,17-18H,11-12,14-16H2,1-3H3,(H,26,30)/t17-,18+. The van der Waals surface area contributed by atoms with Crippen molar-refractivity contribution in [2.24, 2.45) is 0 Å². The number of nitrogens with one attached hydrogen (secondary N) is 1. The number of para-hydroxylation sites is 1. The summed E-state index contributed by atoms with van der Waals surface area (Å²) in [5.74, 6) is 0.240. The molecule has 0 spiro atoms. The number of nitrogens with zero attached hydrogens (tertiary/aromatic N) is 2. The summed E-state index contributed by atoms with van der Waals surface area (Å²) in [7, 11) is 1.36. The Balaban J connectivity index is 1.52. The molecule has 1 saturated heterocycles. The molecule has 7 nitrogen and oxygen atoms in total. The van der Waals surface area contributed by atoms with Crippen LogP contribution in [0, 0.1) is 0 Å². The van der Waals surface area contributed by atoms with Gasteiger partial charge in [0.25, 0.3) is 0 Å². The molecule has 2 aromatic carbocycles. The molecule has 0 bridgehead atoms. The number of carbonyl (C=O) groups is 2. The summed E-state index contributed by atoms with van der Waals surface area (Å²) in [4.78, 5) is 28.4. The summed E-state index contributed by atoms with van der Waals surface area (Å²) in [6.07, 6.45) is 0.172. The van der Waals surface area contributed by atoms with Crippen molar-refractivity contribution in [3.8, 4) is 5.75 Å². The van der Waals surface area contributed by atoms with Crippen LogP contribution in [0.5, 0.6) is 5.75 Å². The van der Waals surface area contributed by atoms with E-state index in [0.29, 0.717) is 37.0 Å². The van der Waals surface area contributed by atoms with Gasteiger partial charge in [0.05, 0.1) is 18.6 Å². The number of methoxy groups -OCH3 is 1. The fourth-order valence-corrected chi connectivity index (χ4v) is 4.13. The van der Waals surface area contributed by atoms with E-state index in [-0.39, 0.29) is 30.5 Å². The molecule has 8 heteroatoms. The summed E-state index contributed by atoms with van der Waals surface area (Å²) >= 11 is 6.26. The third kappa shape index (κ3) is 6.37. The number of ether oxygens (including phenoxy) is 2. The van der Waals surface area contributed by atoms with Crippen molar-refractivity contribution in [2.45, 2.75) is 32.4 Å². The molecular weight excluding hydrogens is 430 g/mol. The highest BCUT2D eigenvalue weighted by Gasteiger charge is 2.31. The van der Waals surface area contributed by atoms with Gasteiger partial charge in [0.15, 0.2) is 0 Å². The van der Waals surface area contributed by atoms with Crippen LogP contribution < -0.4 is 10.1 Å². The minimum Gasteiger partial charge on any atom is -0.491 e. The highest BCUT2D eigenvalue weighted by Crippen LogP contribution is 2.26. The maximum Gasteiger partial charge on any atom is 0.321 e. The lowest BCUT2D eigenvalue weighted by molar-refractivity contribution is -0.139. The Labute approximate surface area is 194 Å². The van der Waals surface area contributed by atoms with Crippen molar-refractivity contribution in [3.05, 3.63) is 59.1 Å². The second-order valence-electron chi connectivity index (χ2n) is 8.00. The first-order valence-electron chi connectivity index (χ1n) is 10.7. The summed E-state index contributed by atoms with van der Waals surface area (Å²) in [5.41, 5.74) is 1.58. The van der Waals surface area contributed by atoms with Gasteiger partial charge in [-0.25, -0.2) is 4.79 Å². The molecule has 2 amide bonds. The Morgan fingerprint density at radius 2 is 1.78 bits per heavy atom. The fourth-order valence-electron chi connectivity index (χ4n) is 3.96. The highest BCUT2D eigenvalue weighted by atomic mass is 35.5. The number of esters is 1. The van der Waals surface area contributed by atoms with Crippen LogP contribution in [0.1, 0.15) is 19.4 Å². The summed E-state index contributed by atoms with van der Waals surface area (Å²) in [6, 6.07) is 15.1. The fraction of sp³-hybridized carbons (Fsp3) is 0.417. The summed E-state index contributed by atoms with van der Waals surface area (Å²) < 4.78 is 10.6. The van der Waals surface area contributed by atoms with Gasteiger partial charge in [-0.3, -0.25) is 9.69 Å². The number of piperazine rings is 1. The average Bonchev–Trinajstić information content (AvgIpc) is 2.78. The van der Waals surface area contributed by atoms with Gasteiger partial charge in [-0.2, -0.15) is 0 Å². The van der Waals surface area contributed by atoms with E-state index in [1.54, 1.807) is 18.2 Å². The van der Waals surface area contributed by atoms with Crippen LogP contribution in [0.2, 0.25) is 5.02 Å². The lowest BCUT2D eigenvalue weighted by atomic mass is 10.1. The molecule has 0 aliphatic carbocycles. The van der Waals surface area contributed by atoms with E-state index in [0.717, 1.165) is 11.3 Å².